The van der Waals surface area contributed by atoms with E-state index < -0.39 is 0 Å². The molecule has 0 bridgehead atoms. The molecule has 28 heavy (non-hydrogen) atoms. The van der Waals surface area contributed by atoms with Crippen LogP contribution >= 0.6 is 0 Å². The predicted molar refractivity (Wildman–Crippen MR) is 123 cm³/mol. The molecule has 0 spiro atoms. The molecular weight excluding hydrogens is 340 g/mol. The maximum Gasteiger partial charge on any atom is 0.0975 e. The Balaban J connectivity index is 2.57. The highest BCUT2D eigenvalue weighted by Crippen LogP contribution is 2.48. The van der Waals surface area contributed by atoms with Crippen LogP contribution in [0.1, 0.15) is 85.1 Å². The van der Waals surface area contributed by atoms with Gasteiger partial charge in [0.25, 0.3) is 0 Å². The Morgan fingerprint density at radius 2 is 1.54 bits per heavy atom. The van der Waals surface area contributed by atoms with Crippen molar-refractivity contribution in [1.29, 1.82) is 0 Å². The molecular formula is C26H44N2. The largest absolute Gasteiger partial charge is 0.359 e. The predicted octanol–water partition coefficient (Wildman–Crippen LogP) is 7.03. The van der Waals surface area contributed by atoms with E-state index in [1.54, 1.807) is 5.56 Å². The molecule has 1 aromatic rings. The van der Waals surface area contributed by atoms with Crippen molar-refractivity contribution in [3.8, 4) is 0 Å². The average Bonchev–Trinajstić information content (AvgIpc) is 3.04. The Kier molecular flexibility index (Phi) is 8.92. The van der Waals surface area contributed by atoms with E-state index in [0.717, 1.165) is 12.5 Å². The van der Waals surface area contributed by atoms with Crippen LogP contribution < -0.4 is 0 Å². The smallest absolute Gasteiger partial charge is 0.0975 e. The zero-order valence-electron chi connectivity index (χ0n) is 19.3. The zero-order chi connectivity index (χ0) is 20.6. The second-order valence-corrected chi connectivity index (χ2v) is 8.82. The summed E-state index contributed by atoms with van der Waals surface area (Å²) >= 11 is 0. The molecule has 158 valence electrons. The van der Waals surface area contributed by atoms with Crippen LogP contribution in [-0.2, 0) is 5.41 Å². The van der Waals surface area contributed by atoms with Gasteiger partial charge in [-0.15, -0.1) is 0 Å². The molecule has 1 aliphatic rings. The van der Waals surface area contributed by atoms with Crippen LogP contribution in [-0.4, -0.2) is 29.6 Å². The van der Waals surface area contributed by atoms with Gasteiger partial charge in [0.2, 0.25) is 0 Å². The second kappa shape index (κ2) is 10.9. The highest BCUT2D eigenvalue weighted by atomic mass is 15.4. The van der Waals surface area contributed by atoms with Gasteiger partial charge in [0.05, 0.1) is 6.17 Å². The van der Waals surface area contributed by atoms with Crippen molar-refractivity contribution in [2.24, 2.45) is 11.8 Å². The van der Waals surface area contributed by atoms with Gasteiger partial charge in [0.1, 0.15) is 0 Å². The molecule has 2 rings (SSSR count). The third kappa shape index (κ3) is 4.75. The molecule has 0 saturated heterocycles. The molecule has 0 aromatic heterocycles. The van der Waals surface area contributed by atoms with Crippen molar-refractivity contribution < 1.29 is 0 Å². The van der Waals surface area contributed by atoms with Gasteiger partial charge in [0, 0.05) is 31.4 Å². The Hall–Kier alpha value is -1.44. The molecule has 0 N–H and O–H groups in total. The van der Waals surface area contributed by atoms with Gasteiger partial charge in [0.15, 0.2) is 0 Å². The standard InChI is InChI=1S/C26H44N2/c1-7-11-16-24(10-4)26(23(9-3)15-8-2,25-17-13-12-14-18-25)21-28-20-19-27(6)22(28)5/h12-14,17-20,22-24H,7-11,15-16,21H2,1-6H3. The highest BCUT2D eigenvalue weighted by Gasteiger charge is 2.46. The minimum Gasteiger partial charge on any atom is -0.359 e. The molecule has 0 saturated carbocycles. The van der Waals surface area contributed by atoms with Crippen molar-refractivity contribution in [2.75, 3.05) is 13.6 Å². The number of nitrogens with zero attached hydrogens (tertiary/aromatic N) is 2. The lowest BCUT2D eigenvalue weighted by Crippen LogP contribution is -2.52. The maximum absolute atomic E-state index is 2.60. The summed E-state index contributed by atoms with van der Waals surface area (Å²) in [5.41, 5.74) is 1.77. The van der Waals surface area contributed by atoms with Gasteiger partial charge in [-0.1, -0.05) is 90.1 Å². The molecule has 2 heteroatoms. The summed E-state index contributed by atoms with van der Waals surface area (Å²) in [5, 5.41) is 0. The summed E-state index contributed by atoms with van der Waals surface area (Å²) in [6.45, 7) is 13.0. The third-order valence-electron chi connectivity index (χ3n) is 7.30. The van der Waals surface area contributed by atoms with E-state index in [0.29, 0.717) is 12.1 Å². The number of rotatable bonds is 12. The van der Waals surface area contributed by atoms with E-state index in [1.165, 1.54) is 44.9 Å². The van der Waals surface area contributed by atoms with Crippen molar-refractivity contribution in [3.05, 3.63) is 48.3 Å². The van der Waals surface area contributed by atoms with Gasteiger partial charge >= 0.3 is 0 Å². The first-order chi connectivity index (χ1) is 13.5. The van der Waals surface area contributed by atoms with Crippen LogP contribution in [0.3, 0.4) is 0 Å². The molecule has 0 fully saturated rings. The van der Waals surface area contributed by atoms with E-state index in [-0.39, 0.29) is 5.41 Å². The maximum atomic E-state index is 2.60. The number of hydrogen-bond acceptors (Lipinski definition) is 2. The summed E-state index contributed by atoms with van der Waals surface area (Å²) in [7, 11) is 2.20. The third-order valence-corrected chi connectivity index (χ3v) is 7.30. The monoisotopic (exact) mass is 384 g/mol. The van der Waals surface area contributed by atoms with Crippen LogP contribution in [0.2, 0.25) is 0 Å². The van der Waals surface area contributed by atoms with Crippen LogP contribution in [0.5, 0.6) is 0 Å². The molecule has 1 aliphatic heterocycles. The summed E-state index contributed by atoms with van der Waals surface area (Å²) in [4.78, 5) is 4.93. The van der Waals surface area contributed by atoms with Crippen molar-refractivity contribution in [3.63, 3.8) is 0 Å². The topological polar surface area (TPSA) is 6.48 Å². The van der Waals surface area contributed by atoms with Crippen molar-refractivity contribution >= 4 is 0 Å². The Morgan fingerprint density at radius 1 is 0.893 bits per heavy atom. The summed E-state index contributed by atoms with van der Waals surface area (Å²) in [6, 6.07) is 11.5. The summed E-state index contributed by atoms with van der Waals surface area (Å²) in [5.74, 6) is 1.44. The highest BCUT2D eigenvalue weighted by molar-refractivity contribution is 5.29. The van der Waals surface area contributed by atoms with Gasteiger partial charge in [-0.2, -0.15) is 0 Å². The summed E-state index contributed by atoms with van der Waals surface area (Å²) < 4.78 is 0. The van der Waals surface area contributed by atoms with Crippen LogP contribution in [0, 0.1) is 11.8 Å². The van der Waals surface area contributed by atoms with Crippen LogP contribution in [0.15, 0.2) is 42.7 Å². The number of hydrogen-bond donors (Lipinski definition) is 0. The fourth-order valence-corrected chi connectivity index (χ4v) is 5.51. The van der Waals surface area contributed by atoms with Crippen LogP contribution in [0.4, 0.5) is 0 Å². The lowest BCUT2D eigenvalue weighted by molar-refractivity contribution is 0.0694. The fraction of sp³-hybridized carbons (Fsp3) is 0.692. The van der Waals surface area contributed by atoms with Crippen molar-refractivity contribution in [1.82, 2.24) is 9.80 Å². The molecule has 2 nitrogen and oxygen atoms in total. The van der Waals surface area contributed by atoms with Crippen molar-refractivity contribution in [2.45, 2.75) is 91.1 Å². The molecule has 0 aliphatic carbocycles. The first-order valence-corrected chi connectivity index (χ1v) is 11.8. The average molecular weight is 385 g/mol. The minimum absolute atomic E-state index is 0.208. The fourth-order valence-electron chi connectivity index (χ4n) is 5.51. The molecule has 0 amide bonds. The van der Waals surface area contributed by atoms with Gasteiger partial charge in [-0.05, 0) is 37.2 Å². The first kappa shape index (κ1) is 22.8. The Morgan fingerprint density at radius 3 is 2.04 bits per heavy atom. The summed E-state index contributed by atoms with van der Waals surface area (Å²) in [6.07, 6.45) is 14.1. The van der Waals surface area contributed by atoms with Gasteiger partial charge < -0.3 is 9.80 Å². The number of unbranched alkanes of at least 4 members (excludes halogenated alkanes) is 1. The Bertz CT molecular complexity index is 581. The Labute approximate surface area is 175 Å². The number of benzene rings is 1. The minimum atomic E-state index is 0.208. The van der Waals surface area contributed by atoms with Crippen LogP contribution in [0.25, 0.3) is 0 Å². The van der Waals surface area contributed by atoms with E-state index >= 15 is 0 Å². The second-order valence-electron chi connectivity index (χ2n) is 8.82. The first-order valence-electron chi connectivity index (χ1n) is 11.8. The van der Waals surface area contributed by atoms with Gasteiger partial charge in [-0.3, -0.25) is 0 Å². The van der Waals surface area contributed by atoms with Gasteiger partial charge in [-0.25, -0.2) is 0 Å². The molecule has 4 atom stereocenters. The van der Waals surface area contributed by atoms with E-state index in [9.17, 15) is 0 Å². The zero-order valence-corrected chi connectivity index (χ0v) is 19.3. The molecule has 0 radical (unpaired) electrons. The molecule has 1 aromatic carbocycles. The molecule has 1 heterocycles. The normalized spacial score (nSPS) is 21.0. The van der Waals surface area contributed by atoms with E-state index in [4.69, 9.17) is 0 Å². The lowest BCUT2D eigenvalue weighted by Gasteiger charge is -2.50. The SMILES string of the molecule is CCCCC(CC)C(CN1C=CN(C)C1C)(c1ccccc1)C(CC)CCC. The van der Waals surface area contributed by atoms with E-state index in [1.807, 2.05) is 0 Å². The van der Waals surface area contributed by atoms with E-state index in [2.05, 4.69) is 94.2 Å². The molecule has 4 unspecified atom stereocenters. The lowest BCUT2D eigenvalue weighted by atomic mass is 9.58. The quantitative estimate of drug-likeness (QED) is 0.381.